The zero-order valence-corrected chi connectivity index (χ0v) is 33.6. The zero-order valence-electron chi connectivity index (χ0n) is 32.7. The molecule has 0 saturated carbocycles. The van der Waals surface area contributed by atoms with E-state index in [2.05, 4.69) is 79.1 Å². The summed E-state index contributed by atoms with van der Waals surface area (Å²) >= 11 is 0. The van der Waals surface area contributed by atoms with Crippen LogP contribution < -0.4 is 0 Å². The van der Waals surface area contributed by atoms with E-state index >= 15 is 0 Å². The zero-order chi connectivity index (χ0) is 38.2. The molecule has 0 heterocycles. The summed E-state index contributed by atoms with van der Waals surface area (Å²) < 4.78 is 26.2. The maximum absolute atomic E-state index is 12.4. The van der Waals surface area contributed by atoms with Crippen LogP contribution >= 0.6 is 7.82 Å². The highest BCUT2D eigenvalue weighted by atomic mass is 31.2. The van der Waals surface area contributed by atoms with E-state index in [1.165, 1.54) is 83.5 Å². The van der Waals surface area contributed by atoms with E-state index in [-0.39, 0.29) is 19.4 Å². The maximum Gasteiger partial charge on any atom is 0.469 e. The largest absolute Gasteiger partial charge is 0.469 e. The number of hydrogen-bond donors (Lipinski definition) is 2. The van der Waals surface area contributed by atoms with Gasteiger partial charge >= 0.3 is 19.8 Å². The molecule has 9 heteroatoms. The molecule has 1 atom stereocenters. The first kappa shape index (κ1) is 49.5. The van der Waals surface area contributed by atoms with Crippen LogP contribution in [0, 0.1) is 0 Å². The lowest BCUT2D eigenvalue weighted by Gasteiger charge is -2.18. The number of phosphoric ester groups is 1. The van der Waals surface area contributed by atoms with Gasteiger partial charge in [0.25, 0.3) is 0 Å². The minimum Gasteiger partial charge on any atom is -0.462 e. The molecule has 0 radical (unpaired) electrons. The third-order valence-electron chi connectivity index (χ3n) is 8.21. The quantitative estimate of drug-likeness (QED) is 0.0281. The van der Waals surface area contributed by atoms with Gasteiger partial charge in [-0.15, -0.1) is 0 Å². The first-order valence-corrected chi connectivity index (χ1v) is 21.8. The average Bonchev–Trinajstić information content (AvgIpc) is 3.11. The topological polar surface area (TPSA) is 119 Å². The van der Waals surface area contributed by atoms with Crippen molar-refractivity contribution in [2.45, 2.75) is 174 Å². The van der Waals surface area contributed by atoms with E-state index in [1.54, 1.807) is 0 Å². The number of allylic oxidation sites excluding steroid dienone is 12. The lowest BCUT2D eigenvalue weighted by molar-refractivity contribution is -0.161. The molecule has 0 spiro atoms. The summed E-state index contributed by atoms with van der Waals surface area (Å²) in [6.07, 6.45) is 49.2. The summed E-state index contributed by atoms with van der Waals surface area (Å²) in [4.78, 5) is 42.7. The van der Waals surface area contributed by atoms with Gasteiger partial charge in [-0.25, -0.2) is 4.57 Å². The van der Waals surface area contributed by atoms with Crippen molar-refractivity contribution in [2.75, 3.05) is 13.2 Å². The number of carbonyl (C=O) groups is 2. The molecule has 298 valence electrons. The normalized spacial score (nSPS) is 13.2. The van der Waals surface area contributed by atoms with Gasteiger partial charge < -0.3 is 19.3 Å². The molecule has 0 aliphatic rings. The molecule has 8 nitrogen and oxygen atoms in total. The van der Waals surface area contributed by atoms with Crippen molar-refractivity contribution in [1.29, 1.82) is 0 Å². The molecule has 0 aromatic heterocycles. The Morgan fingerprint density at radius 2 is 0.904 bits per heavy atom. The predicted molar refractivity (Wildman–Crippen MR) is 216 cm³/mol. The van der Waals surface area contributed by atoms with Crippen LogP contribution in [-0.4, -0.2) is 41.0 Å². The molecule has 0 aliphatic heterocycles. The highest BCUT2D eigenvalue weighted by Crippen LogP contribution is 2.36. The van der Waals surface area contributed by atoms with Crippen LogP contribution in [0.2, 0.25) is 0 Å². The molecule has 0 aliphatic carbocycles. The van der Waals surface area contributed by atoms with E-state index in [9.17, 15) is 14.2 Å². The molecular formula is C43H73O8P. The number of rotatable bonds is 36. The third-order valence-corrected chi connectivity index (χ3v) is 8.70. The number of phosphoric acid groups is 1. The standard InChI is InChI=1S/C43H73O8P/c1-3-5-7-9-11-13-15-17-19-20-21-22-24-25-27-29-31-33-35-37-42(44)49-39-41(40-50-52(46,47)48)51-43(45)38-36-34-32-30-28-26-23-18-16-14-12-10-8-6-4-2/h11,13,17,19,21-22,25,27-28,30-31,33,41H,3-10,12,14-16,18,20,23-24,26,29,32,34-40H2,1-2H3,(H2,46,47,48)/b13-11+,19-17+,22-21+,27-25+,30-28+,33-31+/t41-/m1/s1. The minimum atomic E-state index is -4.78. The molecule has 2 N–H and O–H groups in total. The van der Waals surface area contributed by atoms with E-state index in [4.69, 9.17) is 19.3 Å². The Morgan fingerprint density at radius 3 is 1.42 bits per heavy atom. The van der Waals surface area contributed by atoms with Gasteiger partial charge in [-0.3, -0.25) is 14.1 Å². The number of esters is 2. The highest BCUT2D eigenvalue weighted by molar-refractivity contribution is 7.46. The Kier molecular flexibility index (Phi) is 36.4. The van der Waals surface area contributed by atoms with Gasteiger partial charge in [0.05, 0.1) is 6.61 Å². The number of hydrogen-bond acceptors (Lipinski definition) is 6. The number of ether oxygens (including phenoxy) is 2. The van der Waals surface area contributed by atoms with Crippen LogP contribution in [0.15, 0.2) is 72.9 Å². The van der Waals surface area contributed by atoms with E-state index in [1.807, 2.05) is 12.2 Å². The lowest BCUT2D eigenvalue weighted by Crippen LogP contribution is -2.29. The van der Waals surface area contributed by atoms with Gasteiger partial charge in [0.15, 0.2) is 6.10 Å². The summed E-state index contributed by atoms with van der Waals surface area (Å²) in [5.74, 6) is -1.01. The smallest absolute Gasteiger partial charge is 0.462 e. The second-order valence-electron chi connectivity index (χ2n) is 13.2. The summed E-state index contributed by atoms with van der Waals surface area (Å²) in [6, 6.07) is 0. The summed E-state index contributed by atoms with van der Waals surface area (Å²) in [5, 5.41) is 0. The van der Waals surface area contributed by atoms with Gasteiger partial charge in [0.2, 0.25) is 0 Å². The van der Waals surface area contributed by atoms with Gasteiger partial charge in [0.1, 0.15) is 6.61 Å². The van der Waals surface area contributed by atoms with Crippen LogP contribution in [0.3, 0.4) is 0 Å². The van der Waals surface area contributed by atoms with Crippen LogP contribution in [0.25, 0.3) is 0 Å². The third kappa shape index (κ3) is 40.3. The van der Waals surface area contributed by atoms with Crippen molar-refractivity contribution in [2.24, 2.45) is 0 Å². The van der Waals surface area contributed by atoms with E-state index < -0.39 is 32.5 Å². The van der Waals surface area contributed by atoms with Gasteiger partial charge in [-0.05, 0) is 77.0 Å². The molecule has 0 fully saturated rings. The highest BCUT2D eigenvalue weighted by Gasteiger charge is 2.22. The molecule has 0 bridgehead atoms. The fourth-order valence-corrected chi connectivity index (χ4v) is 5.53. The van der Waals surface area contributed by atoms with E-state index in [0.29, 0.717) is 12.8 Å². The predicted octanol–water partition coefficient (Wildman–Crippen LogP) is 12.3. The monoisotopic (exact) mass is 749 g/mol. The molecule has 52 heavy (non-hydrogen) atoms. The van der Waals surface area contributed by atoms with Crippen LogP contribution in [0.1, 0.15) is 168 Å². The molecule has 0 rings (SSSR count). The fraction of sp³-hybridized carbons (Fsp3) is 0.674. The summed E-state index contributed by atoms with van der Waals surface area (Å²) in [5.41, 5.74) is 0. The van der Waals surface area contributed by atoms with Crippen molar-refractivity contribution >= 4 is 19.8 Å². The molecule has 0 aromatic rings. The summed E-state index contributed by atoms with van der Waals surface area (Å²) in [6.45, 7) is 3.56. The Morgan fingerprint density at radius 1 is 0.500 bits per heavy atom. The fourth-order valence-electron chi connectivity index (χ4n) is 5.17. The number of unbranched alkanes of at least 4 members (excludes halogenated alkanes) is 14. The maximum atomic E-state index is 12.4. The van der Waals surface area contributed by atoms with Crippen LogP contribution in [-0.2, 0) is 28.2 Å². The van der Waals surface area contributed by atoms with Crippen molar-refractivity contribution in [3.8, 4) is 0 Å². The molecule has 0 aromatic carbocycles. The van der Waals surface area contributed by atoms with Crippen LogP contribution in [0.4, 0.5) is 0 Å². The molecular weight excluding hydrogens is 675 g/mol. The van der Waals surface area contributed by atoms with Crippen LogP contribution in [0.5, 0.6) is 0 Å². The van der Waals surface area contributed by atoms with Gasteiger partial charge in [-0.1, -0.05) is 151 Å². The van der Waals surface area contributed by atoms with Crippen molar-refractivity contribution in [1.82, 2.24) is 0 Å². The first-order valence-electron chi connectivity index (χ1n) is 20.2. The Hall–Kier alpha value is -2.51. The Bertz CT molecular complexity index is 1070. The van der Waals surface area contributed by atoms with Crippen molar-refractivity contribution in [3.63, 3.8) is 0 Å². The minimum absolute atomic E-state index is 0.137. The second-order valence-corrected chi connectivity index (χ2v) is 14.5. The van der Waals surface area contributed by atoms with E-state index in [0.717, 1.165) is 44.9 Å². The van der Waals surface area contributed by atoms with Crippen molar-refractivity contribution in [3.05, 3.63) is 72.9 Å². The average molecular weight is 749 g/mol. The summed E-state index contributed by atoms with van der Waals surface area (Å²) in [7, 11) is -4.78. The van der Waals surface area contributed by atoms with Gasteiger partial charge in [0, 0.05) is 12.8 Å². The second kappa shape index (κ2) is 38.2. The SMILES string of the molecule is CCCCC/C=C/C/C=C/C/C=C/C/C=C/C/C=C/CCC(=O)OC[C@H](COP(=O)(O)O)OC(=O)CCCC/C=C/CCCCCCCCCCC. The number of carbonyl (C=O) groups excluding carboxylic acids is 2. The Labute approximate surface area is 317 Å². The molecule has 0 unspecified atom stereocenters. The van der Waals surface area contributed by atoms with Gasteiger partial charge in [-0.2, -0.15) is 0 Å². The Balaban J connectivity index is 4.11. The lowest BCUT2D eigenvalue weighted by atomic mass is 10.1. The molecule has 0 saturated heterocycles. The van der Waals surface area contributed by atoms with Crippen molar-refractivity contribution < 1.29 is 37.9 Å². The molecule has 0 amide bonds. The first-order chi connectivity index (χ1) is 25.3.